The molecule has 0 unspecified atom stereocenters. The highest BCUT2D eigenvalue weighted by molar-refractivity contribution is 7.91. The Morgan fingerprint density at radius 3 is 2.33 bits per heavy atom. The Morgan fingerprint density at radius 1 is 1.05 bits per heavy atom. The lowest BCUT2D eigenvalue weighted by molar-refractivity contribution is 0.0571. The Morgan fingerprint density at radius 2 is 1.72 bits per heavy atom. The molecule has 0 amide bonds. The average Bonchev–Trinajstić information content (AvgIpc) is 2.91. The Labute approximate surface area is 226 Å². The van der Waals surface area contributed by atoms with Crippen LogP contribution in [0.3, 0.4) is 0 Å². The van der Waals surface area contributed by atoms with Crippen molar-refractivity contribution in [2.75, 3.05) is 0 Å². The van der Waals surface area contributed by atoms with Crippen LogP contribution in [-0.2, 0) is 21.2 Å². The molecule has 4 aromatic rings. The van der Waals surface area contributed by atoms with Crippen molar-refractivity contribution < 1.29 is 22.7 Å². The van der Waals surface area contributed by atoms with E-state index in [1.54, 1.807) is 13.0 Å². The predicted octanol–water partition coefficient (Wildman–Crippen LogP) is 5.22. The zero-order valence-electron chi connectivity index (χ0n) is 22.1. The molecule has 0 aliphatic rings. The molecule has 204 valence electrons. The summed E-state index contributed by atoms with van der Waals surface area (Å²) in [7, 11) is -4.49. The van der Waals surface area contributed by atoms with Crippen LogP contribution in [-0.4, -0.2) is 34.2 Å². The zero-order chi connectivity index (χ0) is 28.3. The van der Waals surface area contributed by atoms with E-state index in [0.29, 0.717) is 23.1 Å². The van der Waals surface area contributed by atoms with Gasteiger partial charge in [0.25, 0.3) is 5.56 Å². The number of pyridine rings is 1. The fraction of sp³-hybridized carbons (Fsp3) is 0.276. The zero-order valence-corrected chi connectivity index (χ0v) is 22.9. The van der Waals surface area contributed by atoms with Crippen LogP contribution in [0.2, 0.25) is 0 Å². The lowest BCUT2D eigenvalue weighted by atomic mass is 10.0. The van der Waals surface area contributed by atoms with Gasteiger partial charge in [-0.15, -0.1) is 0 Å². The number of hydrogen-bond acceptors (Lipinski definition) is 7. The van der Waals surface area contributed by atoms with Gasteiger partial charge in [0.1, 0.15) is 12.4 Å². The second-order valence-electron chi connectivity index (χ2n) is 9.35. The molecule has 0 saturated heterocycles. The number of nitrogens with zero attached hydrogens (tertiary/aromatic N) is 3. The van der Waals surface area contributed by atoms with Gasteiger partial charge < -0.3 is 9.84 Å². The average molecular weight is 552 g/mol. The van der Waals surface area contributed by atoms with E-state index < -0.39 is 38.2 Å². The van der Waals surface area contributed by atoms with Crippen LogP contribution in [0.25, 0.3) is 11.1 Å². The molecule has 10 heteroatoms. The monoisotopic (exact) mass is 551 g/mol. The van der Waals surface area contributed by atoms with E-state index in [1.807, 2.05) is 51.1 Å². The van der Waals surface area contributed by atoms with E-state index in [2.05, 4.69) is 9.97 Å². The molecule has 0 saturated carbocycles. The summed E-state index contributed by atoms with van der Waals surface area (Å²) in [5, 5.41) is 11.4. The smallest absolute Gasteiger partial charge is 0.296 e. The third kappa shape index (κ3) is 5.62. The maximum Gasteiger partial charge on any atom is 0.296 e. The van der Waals surface area contributed by atoms with E-state index in [0.717, 1.165) is 5.56 Å². The van der Waals surface area contributed by atoms with Gasteiger partial charge in [-0.05, 0) is 62.1 Å². The third-order valence-corrected chi connectivity index (χ3v) is 8.24. The quantitative estimate of drug-likeness (QED) is 0.284. The second-order valence-corrected chi connectivity index (χ2v) is 11.2. The van der Waals surface area contributed by atoms with Crippen molar-refractivity contribution in [3.63, 3.8) is 0 Å². The fourth-order valence-corrected chi connectivity index (χ4v) is 5.80. The maximum atomic E-state index is 13.9. The molecule has 2 heterocycles. The van der Waals surface area contributed by atoms with Gasteiger partial charge in [-0.1, -0.05) is 49.4 Å². The van der Waals surface area contributed by atoms with Gasteiger partial charge in [0.2, 0.25) is 21.7 Å². The first-order chi connectivity index (χ1) is 18.6. The van der Waals surface area contributed by atoms with Crippen LogP contribution in [0, 0.1) is 12.9 Å². The van der Waals surface area contributed by atoms with Gasteiger partial charge in [-0.25, -0.2) is 13.4 Å². The van der Waals surface area contributed by atoms with Crippen molar-refractivity contribution in [3.05, 3.63) is 100 Å². The first-order valence-corrected chi connectivity index (χ1v) is 14.0. The van der Waals surface area contributed by atoms with E-state index in [4.69, 9.17) is 4.74 Å². The Balaban J connectivity index is 1.86. The molecule has 0 fully saturated rings. The Kier molecular flexibility index (Phi) is 8.27. The summed E-state index contributed by atoms with van der Waals surface area (Å²) < 4.78 is 48.4. The maximum absolute atomic E-state index is 13.9. The molecular weight excluding hydrogens is 521 g/mol. The van der Waals surface area contributed by atoms with Gasteiger partial charge in [-0.2, -0.15) is 9.37 Å². The number of aromatic nitrogens is 3. The molecule has 0 aliphatic carbocycles. The molecule has 0 aliphatic heterocycles. The summed E-state index contributed by atoms with van der Waals surface area (Å²) in [5.41, 5.74) is 1.18. The minimum Gasteiger partial charge on any atom is -0.493 e. The predicted molar refractivity (Wildman–Crippen MR) is 145 cm³/mol. The fourth-order valence-electron chi connectivity index (χ4n) is 4.45. The number of aromatic hydroxyl groups is 1. The van der Waals surface area contributed by atoms with Crippen LogP contribution in [0.15, 0.2) is 81.4 Å². The van der Waals surface area contributed by atoms with E-state index in [9.17, 15) is 22.7 Å². The van der Waals surface area contributed by atoms with Crippen molar-refractivity contribution in [1.82, 2.24) is 14.5 Å². The molecule has 39 heavy (non-hydrogen) atoms. The molecule has 8 nitrogen and oxygen atoms in total. The van der Waals surface area contributed by atoms with Crippen LogP contribution in [0.5, 0.6) is 5.88 Å². The summed E-state index contributed by atoms with van der Waals surface area (Å²) in [5.74, 6) is -1.21. The lowest BCUT2D eigenvalue weighted by Gasteiger charge is -2.25. The van der Waals surface area contributed by atoms with Crippen LogP contribution < -0.4 is 5.56 Å². The number of sulfone groups is 1. The molecule has 1 atom stereocenters. The first kappa shape index (κ1) is 28.1. The number of halogens is 1. The molecule has 2 aromatic carbocycles. The van der Waals surface area contributed by atoms with E-state index in [1.165, 1.54) is 35.0 Å². The van der Waals surface area contributed by atoms with Crippen molar-refractivity contribution in [2.45, 2.75) is 62.7 Å². The van der Waals surface area contributed by atoms with Gasteiger partial charge in [0.05, 0.1) is 17.0 Å². The van der Waals surface area contributed by atoms with E-state index in [-0.39, 0.29) is 23.4 Å². The molecule has 2 aromatic heterocycles. The molecule has 1 N–H and O–H groups in total. The van der Waals surface area contributed by atoms with Crippen LogP contribution in [0.1, 0.15) is 50.2 Å². The SMILES string of the molecule is CC[C@@H](c1ccccc1)n1c(COC(C)C)nc(=O)c(S(=O)(=O)c2ccc(-c3ccnc(F)c3C)cc2)c1O. The van der Waals surface area contributed by atoms with Gasteiger partial charge in [0.15, 0.2) is 4.90 Å². The summed E-state index contributed by atoms with van der Waals surface area (Å²) in [4.78, 5) is 19.8. The number of benzene rings is 2. The molecule has 0 spiro atoms. The summed E-state index contributed by atoms with van der Waals surface area (Å²) in [6, 6.07) is 16.0. The van der Waals surface area contributed by atoms with E-state index >= 15 is 0 Å². The van der Waals surface area contributed by atoms with Crippen molar-refractivity contribution in [3.8, 4) is 17.0 Å². The number of hydrogen-bond donors (Lipinski definition) is 1. The van der Waals surface area contributed by atoms with Gasteiger partial charge >= 0.3 is 0 Å². The third-order valence-electron chi connectivity index (χ3n) is 6.45. The second kappa shape index (κ2) is 11.5. The Bertz CT molecular complexity index is 1640. The summed E-state index contributed by atoms with van der Waals surface area (Å²) in [6.07, 6.45) is 1.62. The van der Waals surface area contributed by atoms with Crippen molar-refractivity contribution >= 4 is 9.84 Å². The summed E-state index contributed by atoms with van der Waals surface area (Å²) in [6.45, 7) is 7.01. The number of rotatable bonds is 9. The standard InChI is InChI=1S/C29H30FN3O5S/c1-5-24(21-9-7-6-8-10-21)33-25(17-38-18(2)3)32-28(34)26(29(33)35)39(36,37)22-13-11-20(12-14-22)23-15-16-31-27(30)19(23)4/h6-16,18,24,35H,5,17H2,1-4H3/t24-/m0/s1. The minimum atomic E-state index is -4.49. The highest BCUT2D eigenvalue weighted by Gasteiger charge is 2.32. The lowest BCUT2D eigenvalue weighted by Crippen LogP contribution is -2.28. The topological polar surface area (TPSA) is 111 Å². The highest BCUT2D eigenvalue weighted by Crippen LogP contribution is 2.34. The Hall–Kier alpha value is -3.89. The van der Waals surface area contributed by atoms with Crippen LogP contribution >= 0.6 is 0 Å². The molecule has 0 bridgehead atoms. The normalized spacial score (nSPS) is 12.6. The molecule has 0 radical (unpaired) electrons. The first-order valence-electron chi connectivity index (χ1n) is 12.5. The molecule has 4 rings (SSSR count). The van der Waals surface area contributed by atoms with Crippen molar-refractivity contribution in [2.24, 2.45) is 0 Å². The van der Waals surface area contributed by atoms with Gasteiger partial charge in [-0.3, -0.25) is 9.36 Å². The van der Waals surface area contributed by atoms with Crippen molar-refractivity contribution in [1.29, 1.82) is 0 Å². The summed E-state index contributed by atoms with van der Waals surface area (Å²) >= 11 is 0. The highest BCUT2D eigenvalue weighted by atomic mass is 32.2. The molecular formula is C29H30FN3O5S. The number of ether oxygens (including phenoxy) is 1. The van der Waals surface area contributed by atoms with Crippen LogP contribution in [0.4, 0.5) is 4.39 Å². The minimum absolute atomic E-state index is 0.0966. The largest absolute Gasteiger partial charge is 0.493 e. The van der Waals surface area contributed by atoms with Gasteiger partial charge in [0, 0.05) is 11.8 Å².